The normalized spacial score (nSPS) is 16.0. The van der Waals surface area contributed by atoms with Crippen molar-refractivity contribution in [2.75, 3.05) is 24.8 Å². The highest BCUT2D eigenvalue weighted by Crippen LogP contribution is 2.35. The summed E-state index contributed by atoms with van der Waals surface area (Å²) in [5.41, 5.74) is 3.68. The number of sulfone groups is 1. The van der Waals surface area contributed by atoms with Crippen LogP contribution in [0.5, 0.6) is 5.75 Å². The molecule has 0 radical (unpaired) electrons. The molecule has 0 aliphatic carbocycles. The maximum atomic E-state index is 11.7. The van der Waals surface area contributed by atoms with Crippen LogP contribution >= 0.6 is 0 Å². The van der Waals surface area contributed by atoms with Gasteiger partial charge in [0.2, 0.25) is 0 Å². The van der Waals surface area contributed by atoms with Crippen molar-refractivity contribution >= 4 is 15.5 Å². The molecule has 5 heteroatoms. The number of aryl methyl sites for hydroxylation is 1. The Labute approximate surface area is 150 Å². The molecule has 2 aromatic rings. The van der Waals surface area contributed by atoms with Crippen LogP contribution in [-0.2, 0) is 16.3 Å². The molecule has 0 aromatic heterocycles. The van der Waals surface area contributed by atoms with Crippen molar-refractivity contribution in [1.29, 1.82) is 0 Å². The molecule has 0 saturated carbocycles. The fourth-order valence-corrected chi connectivity index (χ4v) is 4.07. The second-order valence-corrected chi connectivity index (χ2v) is 8.68. The number of benzene rings is 2. The number of ether oxygens (including phenoxy) is 1. The van der Waals surface area contributed by atoms with Crippen LogP contribution in [0.15, 0.2) is 47.4 Å². The van der Waals surface area contributed by atoms with E-state index in [0.29, 0.717) is 4.90 Å². The molecule has 1 atom stereocenters. The topological polar surface area (TPSA) is 46.6 Å². The predicted molar refractivity (Wildman–Crippen MR) is 101 cm³/mol. The Morgan fingerprint density at radius 1 is 1.08 bits per heavy atom. The lowest BCUT2D eigenvalue weighted by atomic mass is 10.0. The maximum absolute atomic E-state index is 11.7. The quantitative estimate of drug-likeness (QED) is 0.828. The van der Waals surface area contributed by atoms with E-state index in [1.807, 2.05) is 18.2 Å². The van der Waals surface area contributed by atoms with E-state index in [1.165, 1.54) is 23.9 Å². The summed E-state index contributed by atoms with van der Waals surface area (Å²) < 4.78 is 28.8. The zero-order chi connectivity index (χ0) is 18.0. The minimum absolute atomic E-state index is 0.164. The van der Waals surface area contributed by atoms with Crippen molar-refractivity contribution < 1.29 is 13.2 Å². The van der Waals surface area contributed by atoms with E-state index in [9.17, 15) is 8.42 Å². The highest BCUT2D eigenvalue weighted by atomic mass is 32.2. The molecular formula is C20H25NO3S. The minimum atomic E-state index is -3.16. The lowest BCUT2D eigenvalue weighted by molar-refractivity contribution is 0.414. The molecule has 3 rings (SSSR count). The molecule has 25 heavy (non-hydrogen) atoms. The summed E-state index contributed by atoms with van der Waals surface area (Å²) in [4.78, 5) is 2.77. The van der Waals surface area contributed by atoms with Crippen molar-refractivity contribution in [1.82, 2.24) is 0 Å². The van der Waals surface area contributed by atoms with E-state index in [0.717, 1.165) is 30.7 Å². The molecule has 0 amide bonds. The van der Waals surface area contributed by atoms with Crippen molar-refractivity contribution in [2.45, 2.75) is 37.1 Å². The molecule has 134 valence electrons. The molecule has 0 N–H and O–H groups in total. The first-order valence-corrected chi connectivity index (χ1v) is 10.5. The van der Waals surface area contributed by atoms with Crippen LogP contribution < -0.4 is 9.64 Å². The number of hydrogen-bond acceptors (Lipinski definition) is 4. The first kappa shape index (κ1) is 17.8. The third-order valence-corrected chi connectivity index (χ3v) is 6.08. The lowest BCUT2D eigenvalue weighted by Crippen LogP contribution is -2.27. The number of anilines is 1. The van der Waals surface area contributed by atoms with Gasteiger partial charge in [0.25, 0.3) is 0 Å². The fourth-order valence-electron chi connectivity index (χ4n) is 3.44. The third kappa shape index (κ3) is 3.82. The van der Waals surface area contributed by atoms with Crippen molar-refractivity contribution in [3.63, 3.8) is 0 Å². The number of nitrogens with zero attached hydrogens (tertiary/aromatic N) is 1. The fraction of sp³-hybridized carbons (Fsp3) is 0.400. The van der Waals surface area contributed by atoms with Crippen LogP contribution in [-0.4, -0.2) is 28.3 Å². The van der Waals surface area contributed by atoms with Gasteiger partial charge in [0.15, 0.2) is 9.84 Å². The second kappa shape index (κ2) is 7.08. The smallest absolute Gasteiger partial charge is 0.175 e. The van der Waals surface area contributed by atoms with Gasteiger partial charge in [-0.15, -0.1) is 0 Å². The number of methoxy groups -OCH3 is 1. The van der Waals surface area contributed by atoms with Gasteiger partial charge in [0.1, 0.15) is 5.75 Å². The molecular weight excluding hydrogens is 334 g/mol. The van der Waals surface area contributed by atoms with Crippen LogP contribution in [0.4, 0.5) is 5.69 Å². The second-order valence-electron chi connectivity index (χ2n) is 6.66. The van der Waals surface area contributed by atoms with Gasteiger partial charge in [-0.1, -0.05) is 18.2 Å². The lowest BCUT2D eigenvalue weighted by Gasteiger charge is -2.32. The van der Waals surface area contributed by atoms with Gasteiger partial charge in [-0.25, -0.2) is 8.42 Å². The Morgan fingerprint density at radius 2 is 1.80 bits per heavy atom. The van der Waals surface area contributed by atoms with E-state index >= 15 is 0 Å². The Kier molecular flexibility index (Phi) is 5.04. The average Bonchev–Trinajstić information content (AvgIpc) is 2.82. The van der Waals surface area contributed by atoms with Gasteiger partial charge < -0.3 is 9.64 Å². The number of hydrogen-bond donors (Lipinski definition) is 0. The molecule has 1 unspecified atom stereocenters. The van der Waals surface area contributed by atoms with E-state index in [1.54, 1.807) is 19.2 Å². The van der Waals surface area contributed by atoms with E-state index in [4.69, 9.17) is 4.74 Å². The summed E-state index contributed by atoms with van der Waals surface area (Å²) in [5, 5.41) is 0. The van der Waals surface area contributed by atoms with Crippen molar-refractivity contribution in [3.05, 3.63) is 53.6 Å². The molecule has 1 aliphatic rings. The van der Waals surface area contributed by atoms with E-state index in [-0.39, 0.29) is 6.04 Å². The summed E-state index contributed by atoms with van der Waals surface area (Å²) >= 11 is 0. The van der Waals surface area contributed by atoms with E-state index in [2.05, 4.69) is 24.0 Å². The first-order chi connectivity index (χ1) is 11.9. The Hall–Kier alpha value is -2.01. The average molecular weight is 359 g/mol. The van der Waals surface area contributed by atoms with Crippen molar-refractivity contribution in [3.8, 4) is 5.75 Å². The molecule has 4 nitrogen and oxygen atoms in total. The van der Waals surface area contributed by atoms with Gasteiger partial charge in [-0.3, -0.25) is 0 Å². The summed E-state index contributed by atoms with van der Waals surface area (Å²) in [6.45, 7) is 3.15. The van der Waals surface area contributed by atoms with Gasteiger partial charge in [0.05, 0.1) is 18.0 Å². The molecule has 2 aromatic carbocycles. The van der Waals surface area contributed by atoms with E-state index < -0.39 is 9.84 Å². The standard InChI is InChI=1S/C20H25NO3S/c1-15(16-8-11-19(12-9-16)25(3,22)23)21-13-5-4-6-17-7-10-18(24-2)14-20(17)21/h7-12,14-15H,4-6,13H2,1-3H3. The minimum Gasteiger partial charge on any atom is -0.497 e. The molecule has 0 saturated heterocycles. The number of fused-ring (bicyclic) bond motifs is 1. The van der Waals surface area contributed by atoms with Gasteiger partial charge in [-0.05, 0) is 55.5 Å². The predicted octanol–water partition coefficient (Wildman–Crippen LogP) is 4.00. The molecule has 0 spiro atoms. The molecule has 0 fully saturated rings. The largest absolute Gasteiger partial charge is 0.497 e. The SMILES string of the molecule is COc1ccc2c(c1)N(C(C)c1ccc(S(C)(=O)=O)cc1)CCCC2. The Balaban J connectivity index is 1.95. The Bertz CT molecular complexity index is 844. The number of rotatable bonds is 4. The van der Waals surface area contributed by atoms with Crippen LogP contribution in [0.25, 0.3) is 0 Å². The Morgan fingerprint density at radius 3 is 2.44 bits per heavy atom. The summed E-state index contributed by atoms with van der Waals surface area (Å²) in [6.07, 6.45) is 4.64. The third-order valence-electron chi connectivity index (χ3n) is 4.96. The maximum Gasteiger partial charge on any atom is 0.175 e. The summed E-state index contributed by atoms with van der Waals surface area (Å²) in [5.74, 6) is 0.866. The van der Waals surface area contributed by atoms with Crippen molar-refractivity contribution in [2.24, 2.45) is 0 Å². The summed E-state index contributed by atoms with van der Waals surface area (Å²) in [7, 11) is -1.47. The van der Waals surface area contributed by atoms with Gasteiger partial charge >= 0.3 is 0 Å². The monoisotopic (exact) mass is 359 g/mol. The van der Waals surface area contributed by atoms with Crippen LogP contribution in [0, 0.1) is 0 Å². The highest BCUT2D eigenvalue weighted by molar-refractivity contribution is 7.90. The molecule has 1 heterocycles. The highest BCUT2D eigenvalue weighted by Gasteiger charge is 2.22. The zero-order valence-electron chi connectivity index (χ0n) is 15.0. The van der Waals surface area contributed by atoms with Gasteiger partial charge in [-0.2, -0.15) is 0 Å². The first-order valence-electron chi connectivity index (χ1n) is 8.64. The van der Waals surface area contributed by atoms with Gasteiger partial charge in [0, 0.05) is 24.6 Å². The van der Waals surface area contributed by atoms with Crippen LogP contribution in [0.2, 0.25) is 0 Å². The van der Waals surface area contributed by atoms with Crippen LogP contribution in [0.3, 0.4) is 0 Å². The molecule has 1 aliphatic heterocycles. The summed E-state index contributed by atoms with van der Waals surface area (Å²) in [6, 6.07) is 13.7. The zero-order valence-corrected chi connectivity index (χ0v) is 15.8. The molecule has 0 bridgehead atoms. The van der Waals surface area contributed by atoms with Crippen LogP contribution in [0.1, 0.15) is 36.9 Å².